The molecule has 3 aromatic carbocycles. The highest BCUT2D eigenvalue weighted by Crippen LogP contribution is 2.40. The van der Waals surface area contributed by atoms with Crippen molar-refractivity contribution in [2.24, 2.45) is 0 Å². The summed E-state index contributed by atoms with van der Waals surface area (Å²) in [6.45, 7) is 0. The smallest absolute Gasteiger partial charge is 0.336 e. The van der Waals surface area contributed by atoms with Gasteiger partial charge in [-0.15, -0.1) is 0 Å². The van der Waals surface area contributed by atoms with Gasteiger partial charge in [0.25, 0.3) is 5.91 Å². The van der Waals surface area contributed by atoms with E-state index >= 15 is 0 Å². The number of hydrogen-bond acceptors (Lipinski definition) is 4. The minimum atomic E-state index is -1.25. The van der Waals surface area contributed by atoms with E-state index in [0.717, 1.165) is 0 Å². The lowest BCUT2D eigenvalue weighted by Gasteiger charge is -2.23. The second kappa shape index (κ2) is 7.62. The zero-order valence-corrected chi connectivity index (χ0v) is 18.2. The lowest BCUT2D eigenvalue weighted by molar-refractivity contribution is 0.0692. The zero-order chi connectivity index (χ0) is 21.6. The van der Waals surface area contributed by atoms with Gasteiger partial charge in [0, 0.05) is 20.1 Å². The van der Waals surface area contributed by atoms with Gasteiger partial charge in [-0.05, 0) is 50.1 Å². The molecule has 1 amide bonds. The summed E-state index contributed by atoms with van der Waals surface area (Å²) in [6.07, 6.45) is 0. The molecule has 8 heteroatoms. The Morgan fingerprint density at radius 2 is 1.30 bits per heavy atom. The first kappa shape index (κ1) is 20.2. The minimum absolute atomic E-state index is 0.0427. The van der Waals surface area contributed by atoms with Crippen LogP contribution >= 0.6 is 31.9 Å². The maximum Gasteiger partial charge on any atom is 0.336 e. The van der Waals surface area contributed by atoms with Crippen molar-refractivity contribution in [3.63, 3.8) is 0 Å². The van der Waals surface area contributed by atoms with Gasteiger partial charge in [-0.2, -0.15) is 0 Å². The highest BCUT2D eigenvalue weighted by Gasteiger charge is 2.35. The summed E-state index contributed by atoms with van der Waals surface area (Å²) in [5.41, 5.74) is 0.567. The van der Waals surface area contributed by atoms with Crippen LogP contribution in [-0.2, 0) is 0 Å². The molecule has 1 aliphatic carbocycles. The first-order chi connectivity index (χ1) is 14.3. The number of halogens is 2. The van der Waals surface area contributed by atoms with Gasteiger partial charge in [0.1, 0.15) is 0 Å². The van der Waals surface area contributed by atoms with Crippen LogP contribution in [0, 0.1) is 0 Å². The molecule has 0 unspecified atom stereocenters. The largest absolute Gasteiger partial charge is 0.478 e. The SMILES string of the molecule is O=C(O)c1ccccc1C(=O)Nc1c(Br)cc(Br)c2c1C(=O)c1ccccc1C2=O. The van der Waals surface area contributed by atoms with Crippen molar-refractivity contribution >= 4 is 61.0 Å². The molecule has 0 bridgehead atoms. The number of aromatic carboxylic acids is 1. The summed E-state index contributed by atoms with van der Waals surface area (Å²) in [5.74, 6) is -2.72. The Kier molecular flexibility index (Phi) is 5.13. The fourth-order valence-electron chi connectivity index (χ4n) is 3.39. The van der Waals surface area contributed by atoms with Crippen molar-refractivity contribution in [1.29, 1.82) is 0 Å². The third-order valence-electron chi connectivity index (χ3n) is 4.74. The fraction of sp³-hybridized carbons (Fsp3) is 0. The van der Waals surface area contributed by atoms with E-state index < -0.39 is 17.7 Å². The molecule has 0 saturated carbocycles. The van der Waals surface area contributed by atoms with Gasteiger partial charge in [-0.25, -0.2) is 4.79 Å². The van der Waals surface area contributed by atoms with Crippen LogP contribution in [0.15, 0.2) is 63.5 Å². The van der Waals surface area contributed by atoms with Crippen molar-refractivity contribution < 1.29 is 24.3 Å². The molecule has 2 N–H and O–H groups in total. The van der Waals surface area contributed by atoms with Crippen molar-refractivity contribution in [2.75, 3.05) is 5.32 Å². The van der Waals surface area contributed by atoms with Crippen molar-refractivity contribution in [1.82, 2.24) is 0 Å². The van der Waals surface area contributed by atoms with E-state index in [1.807, 2.05) is 0 Å². The molecule has 0 heterocycles. The molecular weight excluding hydrogens is 518 g/mol. The van der Waals surface area contributed by atoms with Crippen LogP contribution < -0.4 is 5.32 Å². The summed E-state index contributed by atoms with van der Waals surface area (Å²) < 4.78 is 0.774. The van der Waals surface area contributed by atoms with Crippen LogP contribution in [-0.4, -0.2) is 28.5 Å². The average Bonchev–Trinajstić information content (AvgIpc) is 2.73. The predicted octanol–water partition coefficient (Wildman–Crippen LogP) is 4.94. The highest BCUT2D eigenvalue weighted by atomic mass is 79.9. The molecule has 148 valence electrons. The first-order valence-electron chi connectivity index (χ1n) is 8.65. The second-order valence-electron chi connectivity index (χ2n) is 6.47. The zero-order valence-electron chi connectivity index (χ0n) is 15.0. The number of carboxylic acid groups (broad SMARTS) is 1. The van der Waals surface area contributed by atoms with E-state index in [0.29, 0.717) is 8.95 Å². The topological polar surface area (TPSA) is 101 Å². The standard InChI is InChI=1S/C22H11Br2NO5/c23-14-9-15(24)18(25-21(28)12-7-3-4-8-13(12)22(29)30)17-16(14)19(26)10-5-1-2-6-11(10)20(17)27/h1-9H,(H,25,28)(H,29,30). The molecule has 0 fully saturated rings. The van der Waals surface area contributed by atoms with Crippen LogP contribution in [0.1, 0.15) is 52.6 Å². The molecule has 0 atom stereocenters. The molecule has 1 aliphatic rings. The van der Waals surface area contributed by atoms with Gasteiger partial charge in [0.15, 0.2) is 11.6 Å². The number of carbonyl (C=O) groups excluding carboxylic acids is 3. The molecular formula is C22H11Br2NO5. The Morgan fingerprint density at radius 1 is 0.767 bits per heavy atom. The van der Waals surface area contributed by atoms with E-state index in [2.05, 4.69) is 37.2 Å². The maximum atomic E-state index is 13.2. The Labute approximate surface area is 187 Å². The number of hydrogen-bond donors (Lipinski definition) is 2. The summed E-state index contributed by atoms with van der Waals surface area (Å²) in [4.78, 5) is 50.6. The molecule has 4 rings (SSSR count). The number of rotatable bonds is 3. The van der Waals surface area contributed by atoms with E-state index in [1.54, 1.807) is 36.4 Å². The predicted molar refractivity (Wildman–Crippen MR) is 117 cm³/mol. The molecule has 0 spiro atoms. The lowest BCUT2D eigenvalue weighted by Crippen LogP contribution is -2.25. The van der Waals surface area contributed by atoms with Crippen LogP contribution in [0.3, 0.4) is 0 Å². The number of benzene rings is 3. The summed E-state index contributed by atoms with van der Waals surface area (Å²) in [6, 6.07) is 13.8. The molecule has 0 aromatic heterocycles. The van der Waals surface area contributed by atoms with Gasteiger partial charge < -0.3 is 10.4 Å². The molecule has 0 saturated heterocycles. The number of amides is 1. The summed E-state index contributed by atoms with van der Waals surface area (Å²) in [7, 11) is 0. The number of nitrogens with one attached hydrogen (secondary N) is 1. The summed E-state index contributed by atoms with van der Waals surface area (Å²) in [5, 5.41) is 12.0. The third kappa shape index (κ3) is 3.18. The summed E-state index contributed by atoms with van der Waals surface area (Å²) >= 11 is 6.67. The number of ketones is 2. The Morgan fingerprint density at radius 3 is 1.90 bits per heavy atom. The van der Waals surface area contributed by atoms with Gasteiger partial charge >= 0.3 is 5.97 Å². The van der Waals surface area contributed by atoms with Crippen molar-refractivity contribution in [3.8, 4) is 0 Å². The van der Waals surface area contributed by atoms with E-state index in [-0.39, 0.29) is 44.9 Å². The van der Waals surface area contributed by atoms with Gasteiger partial charge in [-0.3, -0.25) is 14.4 Å². The fourth-order valence-corrected chi connectivity index (χ4v) is 4.83. The Balaban J connectivity index is 1.88. The van der Waals surface area contributed by atoms with Gasteiger partial charge in [0.2, 0.25) is 0 Å². The van der Waals surface area contributed by atoms with E-state index in [4.69, 9.17) is 0 Å². The molecule has 3 aromatic rings. The van der Waals surface area contributed by atoms with Gasteiger partial charge in [0.05, 0.1) is 27.9 Å². The monoisotopic (exact) mass is 527 g/mol. The number of fused-ring (bicyclic) bond motifs is 2. The van der Waals surface area contributed by atoms with Crippen molar-refractivity contribution in [3.05, 3.63) is 96.9 Å². The van der Waals surface area contributed by atoms with E-state index in [9.17, 15) is 24.3 Å². The quantitative estimate of drug-likeness (QED) is 0.392. The van der Waals surface area contributed by atoms with Crippen LogP contribution in [0.25, 0.3) is 0 Å². The molecule has 0 aliphatic heterocycles. The number of anilines is 1. The Bertz CT molecular complexity index is 1280. The normalized spacial score (nSPS) is 12.2. The number of carbonyl (C=O) groups is 4. The van der Waals surface area contributed by atoms with Crippen LogP contribution in [0.4, 0.5) is 5.69 Å². The molecule has 0 radical (unpaired) electrons. The minimum Gasteiger partial charge on any atom is -0.478 e. The second-order valence-corrected chi connectivity index (χ2v) is 8.18. The lowest BCUT2D eigenvalue weighted by atomic mass is 9.83. The molecule has 30 heavy (non-hydrogen) atoms. The average molecular weight is 529 g/mol. The third-order valence-corrected chi connectivity index (χ3v) is 5.99. The van der Waals surface area contributed by atoms with Crippen LogP contribution in [0.5, 0.6) is 0 Å². The van der Waals surface area contributed by atoms with Crippen LogP contribution in [0.2, 0.25) is 0 Å². The highest BCUT2D eigenvalue weighted by molar-refractivity contribution is 9.11. The van der Waals surface area contributed by atoms with Crippen molar-refractivity contribution in [2.45, 2.75) is 0 Å². The van der Waals surface area contributed by atoms with E-state index in [1.165, 1.54) is 18.2 Å². The Hall–Kier alpha value is -3.10. The first-order valence-corrected chi connectivity index (χ1v) is 10.2. The molecule has 6 nitrogen and oxygen atoms in total. The van der Waals surface area contributed by atoms with Gasteiger partial charge in [-0.1, -0.05) is 36.4 Å². The maximum absolute atomic E-state index is 13.2. The number of carboxylic acids is 1.